The van der Waals surface area contributed by atoms with E-state index in [9.17, 15) is 4.79 Å². The minimum absolute atomic E-state index is 0.255. The van der Waals surface area contributed by atoms with Gasteiger partial charge in [0.15, 0.2) is 17.3 Å². The first-order valence-electron chi connectivity index (χ1n) is 13.4. The lowest BCUT2D eigenvalue weighted by Gasteiger charge is -2.16. The first kappa shape index (κ1) is 29.2. The summed E-state index contributed by atoms with van der Waals surface area (Å²) < 4.78 is 20.8. The van der Waals surface area contributed by atoms with Crippen LogP contribution in [0.3, 0.4) is 0 Å². The average Bonchev–Trinajstić information content (AvgIpc) is 3.42. The minimum atomic E-state index is -0.339. The molecule has 0 spiro atoms. The summed E-state index contributed by atoms with van der Waals surface area (Å²) in [7, 11) is 0. The van der Waals surface area contributed by atoms with Crippen LogP contribution in [0.25, 0.3) is 33.5 Å². The van der Waals surface area contributed by atoms with Crippen molar-refractivity contribution in [2.24, 2.45) is 5.10 Å². The van der Waals surface area contributed by atoms with Crippen LogP contribution in [0.2, 0.25) is 5.02 Å². The van der Waals surface area contributed by atoms with Gasteiger partial charge in [0.05, 0.1) is 28.2 Å². The zero-order valence-corrected chi connectivity index (χ0v) is 27.0. The molecule has 7 nitrogen and oxygen atoms in total. The van der Waals surface area contributed by atoms with Crippen LogP contribution >= 0.6 is 43.5 Å². The first-order chi connectivity index (χ1) is 20.8. The van der Waals surface area contributed by atoms with Crippen LogP contribution in [0.4, 0.5) is 0 Å². The third-order valence-electron chi connectivity index (χ3n) is 6.69. The molecule has 0 fully saturated rings. The van der Waals surface area contributed by atoms with E-state index in [4.69, 9.17) is 30.5 Å². The second-order valence-corrected chi connectivity index (χ2v) is 11.8. The molecule has 0 N–H and O–H groups in total. The van der Waals surface area contributed by atoms with E-state index < -0.39 is 0 Å². The third-order valence-corrected chi connectivity index (χ3v) is 9.06. The lowest BCUT2D eigenvalue weighted by Crippen LogP contribution is -2.20. The highest BCUT2D eigenvalue weighted by Crippen LogP contribution is 2.43. The Balaban J connectivity index is 1.44. The number of nitrogens with zero attached hydrogens (tertiary/aromatic N) is 3. The van der Waals surface area contributed by atoms with Gasteiger partial charge in [-0.15, -0.1) is 0 Å². The Labute approximate surface area is 269 Å². The SMILES string of the molecule is CCOc1cc(C=Nn2c(-c3cc4cc(Cl)ccc4o3)nc3ccccc3c2=O)c(Br)c(Br)c1OCc1cccc(C)c1. The van der Waals surface area contributed by atoms with Crippen molar-refractivity contribution in [3.8, 4) is 23.1 Å². The number of halogens is 3. The quantitative estimate of drug-likeness (QED) is 0.147. The molecule has 10 heteroatoms. The molecule has 6 rings (SSSR count). The summed E-state index contributed by atoms with van der Waals surface area (Å²) in [5.41, 5.74) is 3.66. The van der Waals surface area contributed by atoms with Crippen molar-refractivity contribution < 1.29 is 13.9 Å². The van der Waals surface area contributed by atoms with E-state index in [2.05, 4.69) is 43.0 Å². The van der Waals surface area contributed by atoms with Crippen LogP contribution in [-0.4, -0.2) is 22.5 Å². The molecule has 2 aromatic heterocycles. The molecular weight excluding hydrogens is 698 g/mol. The van der Waals surface area contributed by atoms with Gasteiger partial charge in [0, 0.05) is 20.4 Å². The van der Waals surface area contributed by atoms with E-state index in [1.807, 2.05) is 44.2 Å². The molecule has 216 valence electrons. The van der Waals surface area contributed by atoms with Crippen LogP contribution in [0, 0.1) is 6.92 Å². The monoisotopic (exact) mass is 719 g/mol. The Kier molecular flexibility index (Phi) is 8.38. The number of benzene rings is 4. The maximum absolute atomic E-state index is 13.7. The van der Waals surface area contributed by atoms with Crippen molar-refractivity contribution in [2.75, 3.05) is 6.61 Å². The summed E-state index contributed by atoms with van der Waals surface area (Å²) in [6.45, 7) is 4.74. The van der Waals surface area contributed by atoms with E-state index in [-0.39, 0.29) is 11.4 Å². The Morgan fingerprint density at radius 2 is 1.84 bits per heavy atom. The number of aryl methyl sites for hydroxylation is 1. The molecule has 4 aromatic carbocycles. The lowest BCUT2D eigenvalue weighted by molar-refractivity contribution is 0.267. The summed E-state index contributed by atoms with van der Waals surface area (Å²) in [4.78, 5) is 18.5. The molecule has 0 bridgehead atoms. The largest absolute Gasteiger partial charge is 0.490 e. The number of rotatable bonds is 8. The molecular formula is C33H24Br2ClN3O4. The molecule has 6 aromatic rings. The fourth-order valence-electron chi connectivity index (χ4n) is 4.69. The van der Waals surface area contributed by atoms with Gasteiger partial charge in [-0.1, -0.05) is 53.6 Å². The van der Waals surface area contributed by atoms with Crippen molar-refractivity contribution in [2.45, 2.75) is 20.5 Å². The molecule has 0 amide bonds. The maximum Gasteiger partial charge on any atom is 0.282 e. The molecule has 2 heterocycles. The van der Waals surface area contributed by atoms with Gasteiger partial charge in [0.1, 0.15) is 12.2 Å². The second-order valence-electron chi connectivity index (χ2n) is 9.74. The zero-order chi connectivity index (χ0) is 30.1. The fraction of sp³-hybridized carbons (Fsp3) is 0.121. The summed E-state index contributed by atoms with van der Waals surface area (Å²) in [6.07, 6.45) is 1.57. The van der Waals surface area contributed by atoms with E-state index >= 15 is 0 Å². The number of furan rings is 1. The Morgan fingerprint density at radius 1 is 1.00 bits per heavy atom. The van der Waals surface area contributed by atoms with Crippen LogP contribution < -0.4 is 15.0 Å². The van der Waals surface area contributed by atoms with Crippen molar-refractivity contribution in [1.82, 2.24) is 9.66 Å². The Morgan fingerprint density at radius 3 is 2.65 bits per heavy atom. The van der Waals surface area contributed by atoms with Gasteiger partial charge in [-0.3, -0.25) is 4.79 Å². The van der Waals surface area contributed by atoms with Crippen LogP contribution in [0.5, 0.6) is 11.5 Å². The second kappa shape index (κ2) is 12.4. The van der Waals surface area contributed by atoms with Gasteiger partial charge >= 0.3 is 0 Å². The fourth-order valence-corrected chi connectivity index (χ4v) is 5.80. The predicted molar refractivity (Wildman–Crippen MR) is 178 cm³/mol. The number of hydrogen-bond donors (Lipinski definition) is 0. The van der Waals surface area contributed by atoms with Crippen LogP contribution in [-0.2, 0) is 6.61 Å². The lowest BCUT2D eigenvalue weighted by atomic mass is 10.1. The molecule has 0 unspecified atom stereocenters. The van der Waals surface area contributed by atoms with Crippen LogP contribution in [0.15, 0.2) is 102 Å². The molecule has 43 heavy (non-hydrogen) atoms. The van der Waals surface area contributed by atoms with Gasteiger partial charge in [0.25, 0.3) is 5.56 Å². The first-order valence-corrected chi connectivity index (χ1v) is 15.4. The van der Waals surface area contributed by atoms with Gasteiger partial charge in [-0.25, -0.2) is 4.98 Å². The van der Waals surface area contributed by atoms with E-state index in [0.29, 0.717) is 66.5 Å². The topological polar surface area (TPSA) is 78.9 Å². The van der Waals surface area contributed by atoms with Gasteiger partial charge < -0.3 is 13.9 Å². The van der Waals surface area contributed by atoms with E-state index in [1.165, 1.54) is 4.68 Å². The van der Waals surface area contributed by atoms with Crippen LogP contribution in [0.1, 0.15) is 23.6 Å². The number of aromatic nitrogens is 2. The summed E-state index contributed by atoms with van der Waals surface area (Å²) in [5.74, 6) is 1.72. The van der Waals surface area contributed by atoms with Crippen molar-refractivity contribution in [3.05, 3.63) is 120 Å². The van der Waals surface area contributed by atoms with E-state index in [1.54, 1.807) is 48.7 Å². The standard InChI is InChI=1S/C33H24Br2ClN3O4/c1-3-41-27-16-22(29(34)30(35)31(27)42-18-20-8-6-7-19(2)13-20)17-37-39-32(38-25-10-5-4-9-24(25)33(39)40)28-15-21-14-23(36)11-12-26(21)43-28/h4-17H,3,18H2,1-2H3. The molecule has 0 radical (unpaired) electrons. The Hall–Kier alpha value is -3.92. The number of ether oxygens (including phenoxy) is 2. The van der Waals surface area contributed by atoms with Crippen molar-refractivity contribution in [3.63, 3.8) is 0 Å². The highest BCUT2D eigenvalue weighted by atomic mass is 79.9. The summed E-state index contributed by atoms with van der Waals surface area (Å²) in [5, 5.41) is 6.40. The number of hydrogen-bond acceptors (Lipinski definition) is 6. The predicted octanol–water partition coefficient (Wildman–Crippen LogP) is 9.16. The smallest absolute Gasteiger partial charge is 0.282 e. The number of para-hydroxylation sites is 1. The molecule has 0 saturated carbocycles. The normalized spacial score (nSPS) is 11.6. The zero-order valence-electron chi connectivity index (χ0n) is 23.1. The molecule has 0 aliphatic carbocycles. The van der Waals surface area contributed by atoms with E-state index in [0.717, 1.165) is 16.5 Å². The third kappa shape index (κ3) is 5.98. The Bertz CT molecular complexity index is 2090. The highest BCUT2D eigenvalue weighted by Gasteiger charge is 2.19. The van der Waals surface area contributed by atoms with Gasteiger partial charge in [-0.2, -0.15) is 9.78 Å². The maximum atomic E-state index is 13.7. The highest BCUT2D eigenvalue weighted by molar-refractivity contribution is 9.13. The molecule has 0 aliphatic rings. The van der Waals surface area contributed by atoms with Crippen molar-refractivity contribution >= 4 is 71.5 Å². The molecule has 0 aliphatic heterocycles. The average molecular weight is 722 g/mol. The molecule has 0 atom stereocenters. The van der Waals surface area contributed by atoms with Gasteiger partial charge in [0.2, 0.25) is 5.82 Å². The minimum Gasteiger partial charge on any atom is -0.490 e. The molecule has 0 saturated heterocycles. The van der Waals surface area contributed by atoms with Crippen molar-refractivity contribution in [1.29, 1.82) is 0 Å². The van der Waals surface area contributed by atoms with Gasteiger partial charge in [-0.05, 0) is 93.7 Å². The summed E-state index contributed by atoms with van der Waals surface area (Å²) >= 11 is 13.5. The number of fused-ring (bicyclic) bond motifs is 2. The summed E-state index contributed by atoms with van der Waals surface area (Å²) in [6, 6.07) is 24.2.